The largest absolute Gasteiger partial charge is 0.469 e. The third-order valence-electron chi connectivity index (χ3n) is 13.0. The summed E-state index contributed by atoms with van der Waals surface area (Å²) < 4.78 is 6.65. The van der Waals surface area contributed by atoms with E-state index in [1.165, 1.54) is 35.7 Å². The minimum atomic E-state index is -0.352. The lowest BCUT2D eigenvalue weighted by atomic mass is 9.92. The molecule has 0 N–H and O–H groups in total. The monoisotopic (exact) mass is 1740 g/mol. The number of likely N-dealkylation sites (N-methyl/N-ethyl adjacent to an activating group) is 1. The van der Waals surface area contributed by atoms with Crippen molar-refractivity contribution in [3.63, 3.8) is 0 Å². The van der Waals surface area contributed by atoms with E-state index in [-0.39, 0.29) is 60.6 Å². The molecule has 4 aromatic heterocycles. The van der Waals surface area contributed by atoms with Gasteiger partial charge < -0.3 is 28.9 Å². The van der Waals surface area contributed by atoms with Crippen LogP contribution in [0.15, 0.2) is 107 Å². The predicted octanol–water partition coefficient (Wildman–Crippen LogP) is 29.6. The van der Waals surface area contributed by atoms with Gasteiger partial charge in [-0.25, -0.2) is 24.9 Å². The molecule has 0 unspecified atom stereocenters. The normalized spacial score (nSPS) is 11.5. The maximum Gasteiger partial charge on any atom is 0.310 e. The van der Waals surface area contributed by atoms with Crippen molar-refractivity contribution in [2.24, 2.45) is 59.9 Å². The third kappa shape index (κ3) is 88.5. The fraction of sp³-hybridized carbons (Fsp3) is 0.745. The first-order valence-electron chi connectivity index (χ1n) is 45.3. The van der Waals surface area contributed by atoms with Crippen LogP contribution in [0.3, 0.4) is 0 Å². The number of thioether (sulfide) groups is 1. The lowest BCUT2D eigenvalue weighted by molar-refractivity contribution is -0.149. The summed E-state index contributed by atoms with van der Waals surface area (Å²) in [5.74, 6) is 5.67. The molecule has 0 aliphatic carbocycles. The zero-order valence-corrected chi connectivity index (χ0v) is 93.6. The summed E-state index contributed by atoms with van der Waals surface area (Å²) in [6.07, 6.45) is 11.7. The molecule has 5 aromatic rings. The smallest absolute Gasteiger partial charge is 0.310 e. The second kappa shape index (κ2) is 82.1. The highest BCUT2D eigenvalue weighted by molar-refractivity contribution is 8.14. The summed E-state index contributed by atoms with van der Waals surface area (Å²) in [5.41, 5.74) is 4.42. The fourth-order valence-electron chi connectivity index (χ4n) is 8.66. The molecule has 0 atom stereocenters. The van der Waals surface area contributed by atoms with E-state index < -0.39 is 0 Å². The quantitative estimate of drug-likeness (QED) is 0.0619. The van der Waals surface area contributed by atoms with Crippen molar-refractivity contribution in [1.82, 2.24) is 54.1 Å². The topological polar surface area (TPSA) is 176 Å². The fourth-order valence-corrected chi connectivity index (χ4v) is 9.74. The van der Waals surface area contributed by atoms with Gasteiger partial charge in [0.2, 0.25) is 5.91 Å². The summed E-state index contributed by atoms with van der Waals surface area (Å²) in [6.45, 7) is 108. The van der Waals surface area contributed by atoms with Crippen LogP contribution in [-0.4, -0.2) is 177 Å². The number of carbonyl (C=O) groups excluding carboxylic acids is 2. The second-order valence-electron chi connectivity index (χ2n) is 36.3. The van der Waals surface area contributed by atoms with Gasteiger partial charge in [0.25, 0.3) is 0 Å². The Hall–Kier alpha value is -6.21. The summed E-state index contributed by atoms with van der Waals surface area (Å²) in [6, 6.07) is 17.7. The van der Waals surface area contributed by atoms with Crippen LogP contribution < -0.4 is 0 Å². The zero-order valence-electron chi connectivity index (χ0n) is 92.0. The van der Waals surface area contributed by atoms with E-state index in [9.17, 15) is 9.59 Å². The molecule has 1 amide bonds. The van der Waals surface area contributed by atoms with Crippen LogP contribution in [-0.2, 0) is 37.6 Å². The van der Waals surface area contributed by atoms with Gasteiger partial charge in [0.15, 0.2) is 0 Å². The maximum absolute atomic E-state index is 11.1. The number of thiocarbonyl (C=S) groups is 1. The van der Waals surface area contributed by atoms with Crippen LogP contribution in [0.25, 0.3) is 11.0 Å². The van der Waals surface area contributed by atoms with Crippen molar-refractivity contribution >= 4 is 68.6 Å². The standard InChI is InChI=1S/C12H16N2.C8H16N2.2C8H12N2.C8H18N2.C8H15NS.C7H15NO.C7H15NS.C6H12O2.C5H5N.C5H12.10C2H6/c1-12(2,3)11-13-9-7-5-6-8-10(9)14(11)4;1-8(2,3)7-9-5-6-10(7)4;1-8(2,3)7-4-5-9-6-10-7;1-8(2,3)7-9-5-4-6-10-7;1-8(2,3)7(9-4)10(5)6;1-8(2,3)7-9-5-4-6-10-7;2*1-7(2,3)6(9)8(4)5;1-6(2,3)5(7)8-4;1-2-4-6-5-3-1;1-5(2,3)4;10*1-2/h5-8H,1-4H3;5-6H2,1-4H3;2*4-6H,1-3H3;1-6H3;4-6H2,1-3H3;2*1-5H3;1-4H3;1-5H;1-4H3;10*1-2H3. The highest BCUT2D eigenvalue weighted by atomic mass is 32.2. The SMILES string of the molecule is CC.CC.CC.CC.CC.CC.CC.CC.CC.CC.CC(C)(C)C.CC(C)(C)C1=NCCCS1.CC(C)(C)c1ccncn1.CC(C)(C)c1ncccn1.CN(C)C(=O)C(C)(C)C.CN(C)C(=S)C(C)(C)C.CN1CCN=C1C(C)(C)C.CN=C(N(C)C)C(C)(C)C.COC(=O)C(C)(C)C.Cn1c(C(C)(C)C)nc2ccccc21.c1ccncc1. The molecule has 2 aliphatic heterocycles. The summed E-state index contributed by atoms with van der Waals surface area (Å²) in [5, 5.41) is 1.33. The Morgan fingerprint density at radius 1 is 0.446 bits per heavy atom. The first kappa shape index (κ1) is 146. The van der Waals surface area contributed by atoms with Gasteiger partial charge >= 0.3 is 5.97 Å². The summed E-state index contributed by atoms with van der Waals surface area (Å²) >= 11 is 7.06. The number of aryl methyl sites for hydroxylation is 1. The molecule has 0 spiro atoms. The highest BCUT2D eigenvalue weighted by Gasteiger charge is 2.27. The van der Waals surface area contributed by atoms with Gasteiger partial charge in [-0.3, -0.25) is 29.6 Å². The van der Waals surface area contributed by atoms with E-state index >= 15 is 0 Å². The number of hydrogen-bond acceptors (Lipinski definition) is 15. The molecular formula is C102H208N14O3S2. The Morgan fingerprint density at radius 3 is 1.03 bits per heavy atom. The summed E-state index contributed by atoms with van der Waals surface area (Å²) in [4.78, 5) is 68.4. The van der Waals surface area contributed by atoms with Crippen LogP contribution in [0, 0.1) is 37.9 Å². The molecule has 19 heteroatoms. The molecule has 7 rings (SSSR count). The molecule has 6 heterocycles. The average molecular weight is 1740 g/mol. The van der Waals surface area contributed by atoms with E-state index in [4.69, 9.17) is 12.2 Å². The molecular weight excluding hydrogens is 1530 g/mol. The average Bonchev–Trinajstić information content (AvgIpc) is 1.64. The third-order valence-corrected chi connectivity index (χ3v) is 15.5. The van der Waals surface area contributed by atoms with E-state index in [0.29, 0.717) is 5.41 Å². The van der Waals surface area contributed by atoms with Crippen molar-refractivity contribution in [2.45, 2.75) is 376 Å². The van der Waals surface area contributed by atoms with Crippen molar-refractivity contribution in [2.75, 3.05) is 88.9 Å². The van der Waals surface area contributed by atoms with Crippen molar-refractivity contribution in [3.05, 3.63) is 109 Å². The Labute approximate surface area is 766 Å². The van der Waals surface area contributed by atoms with Crippen LogP contribution in [0.1, 0.15) is 377 Å². The zero-order chi connectivity index (χ0) is 100. The number of aromatic nitrogens is 7. The Morgan fingerprint density at radius 2 is 0.868 bits per heavy atom. The van der Waals surface area contributed by atoms with Gasteiger partial charge in [0.1, 0.15) is 29.6 Å². The maximum atomic E-state index is 11.1. The number of carbonyl (C=O) groups is 2. The van der Waals surface area contributed by atoms with E-state index in [2.05, 4.69) is 269 Å². The number of rotatable bonds is 0. The minimum absolute atomic E-state index is 0.0707. The first-order valence-corrected chi connectivity index (χ1v) is 46.7. The number of amidine groups is 2. The van der Waals surface area contributed by atoms with Crippen LogP contribution in [0.2, 0.25) is 0 Å². The van der Waals surface area contributed by atoms with Gasteiger partial charge in [-0.2, -0.15) is 0 Å². The number of imidazole rings is 1. The minimum Gasteiger partial charge on any atom is -0.469 e. The van der Waals surface area contributed by atoms with Crippen molar-refractivity contribution < 1.29 is 14.3 Å². The number of aliphatic imine (C=N–C) groups is 3. The Kier molecular flexibility index (Phi) is 99.3. The van der Waals surface area contributed by atoms with Gasteiger partial charge in [0, 0.05) is 162 Å². The number of pyridine rings is 1. The molecule has 716 valence electrons. The van der Waals surface area contributed by atoms with Crippen LogP contribution >= 0.6 is 24.0 Å². The van der Waals surface area contributed by atoms with Gasteiger partial charge in [-0.05, 0) is 69.0 Å². The molecule has 0 saturated carbocycles. The van der Waals surface area contributed by atoms with Gasteiger partial charge in [-0.15, -0.1) is 11.8 Å². The molecule has 17 nitrogen and oxygen atoms in total. The number of nitrogens with zero attached hydrogens (tertiary/aromatic N) is 14. The second-order valence-corrected chi connectivity index (χ2v) is 37.7. The number of amides is 1. The number of fused-ring (bicyclic) bond motifs is 1. The molecule has 0 saturated heterocycles. The number of hydrogen-bond donors (Lipinski definition) is 0. The molecule has 121 heavy (non-hydrogen) atoms. The van der Waals surface area contributed by atoms with E-state index in [0.717, 1.165) is 53.3 Å². The highest BCUT2D eigenvalue weighted by Crippen LogP contribution is 2.29. The molecule has 2 aliphatic rings. The predicted molar refractivity (Wildman–Crippen MR) is 559 cm³/mol. The van der Waals surface area contributed by atoms with Crippen molar-refractivity contribution in [3.8, 4) is 0 Å². The molecule has 0 fully saturated rings. The number of para-hydroxylation sites is 2. The molecule has 0 bridgehead atoms. The van der Waals surface area contributed by atoms with Crippen molar-refractivity contribution in [1.29, 1.82) is 0 Å². The van der Waals surface area contributed by atoms with E-state index in [1.807, 2.05) is 268 Å². The molecule has 1 aromatic carbocycles. The lowest BCUT2D eigenvalue weighted by Crippen LogP contribution is -2.33. The first-order chi connectivity index (χ1) is 55.4. The van der Waals surface area contributed by atoms with Crippen LogP contribution in [0.5, 0.6) is 0 Å². The number of esters is 1. The number of methoxy groups -OCH3 is 1. The van der Waals surface area contributed by atoms with Gasteiger partial charge in [0.05, 0.1) is 40.1 Å². The summed E-state index contributed by atoms with van der Waals surface area (Å²) in [7, 11) is 19.0. The lowest BCUT2D eigenvalue weighted by Gasteiger charge is -2.27. The number of ether oxygens (including phenoxy) is 1. The molecule has 0 radical (unpaired) electrons. The van der Waals surface area contributed by atoms with Gasteiger partial charge in [-0.1, -0.05) is 363 Å². The Balaban J connectivity index is -0.0000000853. The number of benzene rings is 1. The van der Waals surface area contributed by atoms with Crippen LogP contribution in [0.4, 0.5) is 0 Å². The van der Waals surface area contributed by atoms with E-state index in [1.54, 1.807) is 56.3 Å². The Bertz CT molecular complexity index is 3020.